The Hall–Kier alpha value is -1.25. The first-order valence-electron chi connectivity index (χ1n) is 5.02. The number of hydrogen-bond donors (Lipinski definition) is 1. The van der Waals surface area contributed by atoms with Gasteiger partial charge < -0.3 is 10.6 Å². The third-order valence-corrected chi connectivity index (χ3v) is 2.73. The molecule has 0 aliphatic carbocycles. The lowest BCUT2D eigenvalue weighted by Gasteiger charge is -2.25. The van der Waals surface area contributed by atoms with Crippen LogP contribution in [0.2, 0.25) is 0 Å². The van der Waals surface area contributed by atoms with Crippen molar-refractivity contribution in [3.05, 3.63) is 17.8 Å². The normalized spacial score (nSPS) is 12.6. The summed E-state index contributed by atoms with van der Waals surface area (Å²) in [4.78, 5) is 6.62. The molecule has 3 heteroatoms. The summed E-state index contributed by atoms with van der Waals surface area (Å²) in [7, 11) is 2.06. The number of aryl methyl sites for hydroxylation is 1. The summed E-state index contributed by atoms with van der Waals surface area (Å²) in [6.45, 7) is 6.29. The van der Waals surface area contributed by atoms with E-state index in [2.05, 4.69) is 30.8 Å². The van der Waals surface area contributed by atoms with Gasteiger partial charge in [-0.05, 0) is 32.4 Å². The zero-order valence-electron chi connectivity index (χ0n) is 9.41. The number of hydrogen-bond acceptors (Lipinski definition) is 3. The third kappa shape index (κ3) is 2.16. The Morgan fingerprint density at radius 2 is 2.14 bits per heavy atom. The second-order valence-electron chi connectivity index (χ2n) is 3.71. The molecular weight excluding hydrogens is 174 g/mol. The maximum absolute atomic E-state index is 5.72. The van der Waals surface area contributed by atoms with E-state index < -0.39 is 0 Å². The number of anilines is 2. The molecule has 0 saturated carbocycles. The summed E-state index contributed by atoms with van der Waals surface area (Å²) in [5, 5.41) is 0. The van der Waals surface area contributed by atoms with E-state index in [1.807, 2.05) is 19.1 Å². The minimum atomic E-state index is 0.505. The molecule has 0 aliphatic rings. The van der Waals surface area contributed by atoms with Gasteiger partial charge in [0.15, 0.2) is 0 Å². The largest absolute Gasteiger partial charge is 0.397 e. The highest BCUT2D eigenvalue weighted by Crippen LogP contribution is 2.17. The average Bonchev–Trinajstić information content (AvgIpc) is 2.20. The Morgan fingerprint density at radius 1 is 1.50 bits per heavy atom. The lowest BCUT2D eigenvalue weighted by atomic mass is 10.2. The lowest BCUT2D eigenvalue weighted by molar-refractivity contribution is 0.656. The molecule has 14 heavy (non-hydrogen) atoms. The van der Waals surface area contributed by atoms with Crippen molar-refractivity contribution < 1.29 is 0 Å². The van der Waals surface area contributed by atoms with Gasteiger partial charge in [0.1, 0.15) is 5.82 Å². The average molecular weight is 193 g/mol. The molecule has 0 spiro atoms. The second-order valence-corrected chi connectivity index (χ2v) is 3.71. The first-order chi connectivity index (χ1) is 6.56. The van der Waals surface area contributed by atoms with Gasteiger partial charge in [-0.1, -0.05) is 6.92 Å². The highest BCUT2D eigenvalue weighted by molar-refractivity contribution is 5.50. The van der Waals surface area contributed by atoms with E-state index >= 15 is 0 Å². The molecule has 0 saturated heterocycles. The molecule has 1 heterocycles. The Bertz CT molecular complexity index is 309. The smallest absolute Gasteiger partial charge is 0.128 e. The monoisotopic (exact) mass is 193 g/mol. The standard InChI is InChI=1S/C11H19N3/c1-5-8(2)14(4)11-7-6-10(12)9(3)13-11/h6-8H,5,12H2,1-4H3. The summed E-state index contributed by atoms with van der Waals surface area (Å²) in [6, 6.07) is 4.39. The van der Waals surface area contributed by atoms with E-state index in [1.54, 1.807) is 0 Å². The number of nitrogens with zero attached hydrogens (tertiary/aromatic N) is 2. The Labute approximate surface area is 85.9 Å². The van der Waals surface area contributed by atoms with Crippen molar-refractivity contribution in [2.45, 2.75) is 33.2 Å². The molecule has 1 unspecified atom stereocenters. The fraction of sp³-hybridized carbons (Fsp3) is 0.545. The third-order valence-electron chi connectivity index (χ3n) is 2.73. The van der Waals surface area contributed by atoms with Crippen LogP contribution >= 0.6 is 0 Å². The van der Waals surface area contributed by atoms with Crippen LogP contribution < -0.4 is 10.6 Å². The molecule has 0 aromatic carbocycles. The van der Waals surface area contributed by atoms with Gasteiger partial charge in [-0.3, -0.25) is 0 Å². The Morgan fingerprint density at radius 3 is 2.64 bits per heavy atom. The van der Waals surface area contributed by atoms with Crippen molar-refractivity contribution in [1.29, 1.82) is 0 Å². The highest BCUT2D eigenvalue weighted by atomic mass is 15.2. The topological polar surface area (TPSA) is 42.1 Å². The van der Waals surface area contributed by atoms with Crippen LogP contribution in [0.3, 0.4) is 0 Å². The summed E-state index contributed by atoms with van der Waals surface area (Å²) in [6.07, 6.45) is 1.11. The molecular formula is C11H19N3. The van der Waals surface area contributed by atoms with Crippen LogP contribution in [0.1, 0.15) is 26.0 Å². The molecule has 0 amide bonds. The van der Waals surface area contributed by atoms with Crippen LogP contribution in [0.5, 0.6) is 0 Å². The predicted octanol–water partition coefficient (Wildman–Crippen LogP) is 2.21. The van der Waals surface area contributed by atoms with Crippen LogP contribution in [-0.4, -0.2) is 18.1 Å². The first-order valence-corrected chi connectivity index (χ1v) is 5.02. The van der Waals surface area contributed by atoms with Crippen LogP contribution in [-0.2, 0) is 0 Å². The number of aromatic nitrogens is 1. The molecule has 0 aliphatic heterocycles. The summed E-state index contributed by atoms with van der Waals surface area (Å²) in [5.74, 6) is 0.992. The maximum atomic E-state index is 5.72. The quantitative estimate of drug-likeness (QED) is 0.800. The number of nitrogen functional groups attached to an aromatic ring is 1. The van der Waals surface area contributed by atoms with Gasteiger partial charge in [0.25, 0.3) is 0 Å². The second kappa shape index (κ2) is 4.31. The van der Waals surface area contributed by atoms with Crippen molar-refractivity contribution in [2.24, 2.45) is 0 Å². The van der Waals surface area contributed by atoms with E-state index in [1.165, 1.54) is 0 Å². The fourth-order valence-corrected chi connectivity index (χ4v) is 1.25. The van der Waals surface area contributed by atoms with Crippen molar-refractivity contribution in [2.75, 3.05) is 17.7 Å². The number of pyridine rings is 1. The first kappa shape index (κ1) is 10.8. The molecule has 1 atom stereocenters. The summed E-state index contributed by atoms with van der Waals surface area (Å²) in [5.41, 5.74) is 7.37. The molecule has 1 aromatic heterocycles. The lowest BCUT2D eigenvalue weighted by Crippen LogP contribution is -2.28. The summed E-state index contributed by atoms with van der Waals surface area (Å²) >= 11 is 0. The Kier molecular flexibility index (Phi) is 3.33. The van der Waals surface area contributed by atoms with Crippen molar-refractivity contribution in [1.82, 2.24) is 4.98 Å². The van der Waals surface area contributed by atoms with Crippen LogP contribution in [0.25, 0.3) is 0 Å². The molecule has 0 bridgehead atoms. The minimum absolute atomic E-state index is 0.505. The van der Waals surface area contributed by atoms with Crippen LogP contribution in [0.4, 0.5) is 11.5 Å². The van der Waals surface area contributed by atoms with Crippen molar-refractivity contribution >= 4 is 11.5 Å². The predicted molar refractivity (Wildman–Crippen MR) is 61.5 cm³/mol. The zero-order chi connectivity index (χ0) is 10.7. The van der Waals surface area contributed by atoms with Crippen molar-refractivity contribution in [3.63, 3.8) is 0 Å². The maximum Gasteiger partial charge on any atom is 0.128 e. The zero-order valence-corrected chi connectivity index (χ0v) is 9.41. The van der Waals surface area contributed by atoms with Gasteiger partial charge in [0.05, 0.1) is 11.4 Å². The molecule has 78 valence electrons. The van der Waals surface area contributed by atoms with Gasteiger partial charge in [-0.15, -0.1) is 0 Å². The number of rotatable bonds is 3. The van der Waals surface area contributed by atoms with Crippen molar-refractivity contribution in [3.8, 4) is 0 Å². The minimum Gasteiger partial charge on any atom is -0.397 e. The molecule has 2 N–H and O–H groups in total. The molecule has 3 nitrogen and oxygen atoms in total. The van der Waals surface area contributed by atoms with Gasteiger partial charge >= 0.3 is 0 Å². The molecule has 0 fully saturated rings. The van der Waals surface area contributed by atoms with E-state index in [0.717, 1.165) is 23.6 Å². The number of nitrogens with two attached hydrogens (primary N) is 1. The Balaban J connectivity index is 2.91. The van der Waals surface area contributed by atoms with E-state index in [-0.39, 0.29) is 0 Å². The molecule has 1 rings (SSSR count). The van der Waals surface area contributed by atoms with Crippen LogP contribution in [0, 0.1) is 6.92 Å². The SMILES string of the molecule is CCC(C)N(C)c1ccc(N)c(C)n1. The van der Waals surface area contributed by atoms with Gasteiger partial charge in [-0.25, -0.2) is 4.98 Å². The van der Waals surface area contributed by atoms with Gasteiger partial charge in [-0.2, -0.15) is 0 Å². The van der Waals surface area contributed by atoms with E-state index in [0.29, 0.717) is 6.04 Å². The van der Waals surface area contributed by atoms with E-state index in [4.69, 9.17) is 5.73 Å². The molecule has 0 radical (unpaired) electrons. The highest BCUT2D eigenvalue weighted by Gasteiger charge is 2.09. The van der Waals surface area contributed by atoms with Gasteiger partial charge in [0, 0.05) is 13.1 Å². The molecule has 1 aromatic rings. The van der Waals surface area contributed by atoms with Crippen LogP contribution in [0.15, 0.2) is 12.1 Å². The van der Waals surface area contributed by atoms with E-state index in [9.17, 15) is 0 Å². The van der Waals surface area contributed by atoms with Gasteiger partial charge in [0.2, 0.25) is 0 Å². The summed E-state index contributed by atoms with van der Waals surface area (Å²) < 4.78 is 0. The fourth-order valence-electron chi connectivity index (χ4n) is 1.25.